The molecule has 1 saturated heterocycles. The molecule has 1 heterocycles. The van der Waals surface area contributed by atoms with Crippen LogP contribution in [-0.2, 0) is 9.53 Å². The van der Waals surface area contributed by atoms with Gasteiger partial charge in [0.25, 0.3) is 0 Å². The number of hydrogen-bond acceptors (Lipinski definition) is 7. The van der Waals surface area contributed by atoms with Crippen LogP contribution >= 0.6 is 0 Å². The fraction of sp³-hybridized carbons (Fsp3) is 0.375. The van der Waals surface area contributed by atoms with Crippen LogP contribution in [0.5, 0.6) is 11.5 Å². The highest BCUT2D eigenvalue weighted by Crippen LogP contribution is 2.41. The molecular formula is C16H19N3O7. The fourth-order valence-electron chi connectivity index (χ4n) is 2.63. The lowest BCUT2D eigenvalue weighted by Gasteiger charge is -2.33. The van der Waals surface area contributed by atoms with Crippen LogP contribution in [-0.4, -0.2) is 35.2 Å². The molecule has 1 fully saturated rings. The molecule has 3 N–H and O–H groups in total. The predicted octanol–water partition coefficient (Wildman–Crippen LogP) is 1.74. The van der Waals surface area contributed by atoms with Gasteiger partial charge in [0, 0.05) is 11.8 Å². The van der Waals surface area contributed by atoms with E-state index in [0.29, 0.717) is 0 Å². The van der Waals surface area contributed by atoms with Gasteiger partial charge in [-0.25, -0.2) is 4.79 Å². The smallest absolute Gasteiger partial charge is 0.319 e. The second-order valence-electron chi connectivity index (χ2n) is 5.91. The number of rotatable bonds is 5. The van der Waals surface area contributed by atoms with E-state index in [0.717, 1.165) is 6.07 Å². The number of esters is 1. The molecule has 1 aromatic rings. The zero-order chi connectivity index (χ0) is 19.6. The first-order valence-corrected chi connectivity index (χ1v) is 7.67. The van der Waals surface area contributed by atoms with E-state index in [9.17, 15) is 24.8 Å². The summed E-state index contributed by atoms with van der Waals surface area (Å²) >= 11 is 0. The van der Waals surface area contributed by atoms with Gasteiger partial charge in [-0.3, -0.25) is 14.9 Å². The molecule has 140 valence electrons. The number of aromatic hydroxyl groups is 1. The van der Waals surface area contributed by atoms with E-state index >= 15 is 0 Å². The minimum absolute atomic E-state index is 0.0964. The Kier molecular flexibility index (Phi) is 5.34. The summed E-state index contributed by atoms with van der Waals surface area (Å²) in [4.78, 5) is 34.7. The molecule has 2 amide bonds. The van der Waals surface area contributed by atoms with Gasteiger partial charge in [0.1, 0.15) is 5.92 Å². The Balaban J connectivity index is 2.55. The van der Waals surface area contributed by atoms with Gasteiger partial charge in [-0.15, -0.1) is 0 Å². The zero-order valence-corrected chi connectivity index (χ0v) is 14.4. The second kappa shape index (κ2) is 7.30. The number of urea groups is 1. The van der Waals surface area contributed by atoms with Crippen molar-refractivity contribution in [2.45, 2.75) is 26.0 Å². The monoisotopic (exact) mass is 365 g/mol. The maximum absolute atomic E-state index is 12.5. The molecule has 0 bridgehead atoms. The van der Waals surface area contributed by atoms with Crippen molar-refractivity contribution >= 4 is 17.7 Å². The number of nitro groups is 1. The molecule has 0 saturated carbocycles. The first-order chi connectivity index (χ1) is 12.1. The van der Waals surface area contributed by atoms with Gasteiger partial charge in [0.2, 0.25) is 5.75 Å². The number of methoxy groups -OCH3 is 1. The van der Waals surface area contributed by atoms with Crippen molar-refractivity contribution in [3.05, 3.63) is 40.1 Å². The van der Waals surface area contributed by atoms with Gasteiger partial charge in [-0.05, 0) is 25.5 Å². The fourth-order valence-corrected chi connectivity index (χ4v) is 2.63. The number of carbonyl (C=O) groups is 2. The van der Waals surface area contributed by atoms with Crippen LogP contribution in [0.3, 0.4) is 0 Å². The Labute approximate surface area is 148 Å². The summed E-state index contributed by atoms with van der Waals surface area (Å²) in [5.74, 6) is -2.49. The highest BCUT2D eigenvalue weighted by Gasteiger charge is 2.40. The van der Waals surface area contributed by atoms with Crippen molar-refractivity contribution in [2.24, 2.45) is 5.92 Å². The van der Waals surface area contributed by atoms with Crippen molar-refractivity contribution in [1.29, 1.82) is 0 Å². The number of phenolic OH excluding ortho intramolecular Hbond substituents is 1. The van der Waals surface area contributed by atoms with Gasteiger partial charge in [-0.1, -0.05) is 6.58 Å². The maximum Gasteiger partial charge on any atom is 0.319 e. The third-order valence-electron chi connectivity index (χ3n) is 3.73. The Hall–Kier alpha value is -3.30. The van der Waals surface area contributed by atoms with Crippen LogP contribution in [0.4, 0.5) is 10.5 Å². The lowest BCUT2D eigenvalue weighted by molar-refractivity contribution is -0.386. The van der Waals surface area contributed by atoms with Crippen molar-refractivity contribution in [3.8, 4) is 11.5 Å². The third kappa shape index (κ3) is 3.68. The number of hydrogen-bond donors (Lipinski definition) is 3. The third-order valence-corrected chi connectivity index (χ3v) is 3.73. The molecular weight excluding hydrogens is 346 g/mol. The van der Waals surface area contributed by atoms with Gasteiger partial charge in [0.05, 0.1) is 24.2 Å². The Bertz CT molecular complexity index is 775. The van der Waals surface area contributed by atoms with Crippen molar-refractivity contribution in [2.75, 3.05) is 7.11 Å². The van der Waals surface area contributed by atoms with Crippen LogP contribution in [0.25, 0.3) is 0 Å². The van der Waals surface area contributed by atoms with Gasteiger partial charge >= 0.3 is 17.7 Å². The molecule has 2 rings (SSSR count). The van der Waals surface area contributed by atoms with Gasteiger partial charge in [-0.2, -0.15) is 0 Å². The standard InChI is InChI=1S/C16H19N3O7/c1-7(2)26-15(21)12-8(3)17-16(22)18-13(12)9-5-10(19(23)24)14(20)11(6-9)25-4/h5-7,12-13,20H,3H2,1-2,4H3,(H2,17,18,22). The molecule has 0 aliphatic carbocycles. The average molecular weight is 365 g/mol. The summed E-state index contributed by atoms with van der Waals surface area (Å²) in [5, 5.41) is 26.0. The first kappa shape index (κ1) is 19.0. The Morgan fingerprint density at radius 3 is 2.62 bits per heavy atom. The number of benzene rings is 1. The number of amides is 2. The van der Waals surface area contributed by atoms with Crippen molar-refractivity contribution in [1.82, 2.24) is 10.6 Å². The molecule has 2 unspecified atom stereocenters. The topological polar surface area (TPSA) is 140 Å². The van der Waals surface area contributed by atoms with E-state index in [4.69, 9.17) is 9.47 Å². The van der Waals surface area contributed by atoms with Gasteiger partial charge < -0.3 is 25.2 Å². The number of nitro benzene ring substituents is 1. The molecule has 1 aliphatic rings. The predicted molar refractivity (Wildman–Crippen MR) is 89.6 cm³/mol. The lowest BCUT2D eigenvalue weighted by atomic mass is 9.88. The van der Waals surface area contributed by atoms with Gasteiger partial charge in [0.15, 0.2) is 5.75 Å². The normalized spacial score (nSPS) is 19.5. The minimum atomic E-state index is -1.02. The van der Waals surface area contributed by atoms with Crippen LogP contribution in [0.2, 0.25) is 0 Å². The van der Waals surface area contributed by atoms with Crippen molar-refractivity contribution in [3.63, 3.8) is 0 Å². The van der Waals surface area contributed by atoms with E-state index < -0.39 is 46.4 Å². The van der Waals surface area contributed by atoms with E-state index in [-0.39, 0.29) is 17.0 Å². The number of carbonyl (C=O) groups excluding carboxylic acids is 2. The van der Waals surface area contributed by atoms with Crippen molar-refractivity contribution < 1.29 is 29.1 Å². The molecule has 10 nitrogen and oxygen atoms in total. The van der Waals surface area contributed by atoms with E-state index in [2.05, 4.69) is 17.2 Å². The molecule has 10 heteroatoms. The summed E-state index contributed by atoms with van der Waals surface area (Å²) in [6.45, 7) is 7.01. The number of phenols is 1. The summed E-state index contributed by atoms with van der Waals surface area (Å²) in [6.07, 6.45) is -0.405. The molecule has 2 atom stereocenters. The first-order valence-electron chi connectivity index (χ1n) is 7.67. The summed E-state index contributed by atoms with van der Waals surface area (Å²) in [7, 11) is 1.23. The highest BCUT2D eigenvalue weighted by molar-refractivity contribution is 5.85. The quantitative estimate of drug-likeness (QED) is 0.410. The highest BCUT2D eigenvalue weighted by atomic mass is 16.6. The largest absolute Gasteiger partial charge is 0.500 e. The van der Waals surface area contributed by atoms with E-state index in [1.165, 1.54) is 13.2 Å². The summed E-state index contributed by atoms with van der Waals surface area (Å²) < 4.78 is 10.2. The minimum Gasteiger partial charge on any atom is -0.500 e. The molecule has 0 radical (unpaired) electrons. The number of nitrogens with one attached hydrogen (secondary N) is 2. The summed E-state index contributed by atoms with van der Waals surface area (Å²) in [5.41, 5.74) is -0.333. The average Bonchev–Trinajstić information content (AvgIpc) is 2.53. The molecule has 26 heavy (non-hydrogen) atoms. The van der Waals surface area contributed by atoms with E-state index in [1.54, 1.807) is 13.8 Å². The van der Waals surface area contributed by atoms with Crippen LogP contribution < -0.4 is 15.4 Å². The second-order valence-corrected chi connectivity index (χ2v) is 5.91. The molecule has 0 spiro atoms. The van der Waals surface area contributed by atoms with E-state index in [1.807, 2.05) is 0 Å². The molecule has 1 aliphatic heterocycles. The Morgan fingerprint density at radius 2 is 2.08 bits per heavy atom. The SMILES string of the molecule is C=C1NC(=O)NC(c2cc(OC)c(O)c([N+](=O)[O-])c2)C1C(=O)OC(C)C. The Morgan fingerprint density at radius 1 is 1.42 bits per heavy atom. The number of ether oxygens (including phenoxy) is 2. The maximum atomic E-state index is 12.5. The number of nitrogens with zero attached hydrogens (tertiary/aromatic N) is 1. The summed E-state index contributed by atoms with van der Waals surface area (Å²) in [6, 6.07) is 0.762. The molecule has 0 aromatic heterocycles. The van der Waals surface area contributed by atoms with Crippen LogP contribution in [0, 0.1) is 16.0 Å². The van der Waals surface area contributed by atoms with Crippen LogP contribution in [0.15, 0.2) is 24.4 Å². The van der Waals surface area contributed by atoms with Crippen LogP contribution in [0.1, 0.15) is 25.5 Å². The zero-order valence-electron chi connectivity index (χ0n) is 14.4. The lowest BCUT2D eigenvalue weighted by Crippen LogP contribution is -2.51. The molecule has 1 aromatic carbocycles.